The van der Waals surface area contributed by atoms with E-state index in [1.54, 1.807) is 0 Å². The number of hydrogen-bond donors (Lipinski definition) is 10. The van der Waals surface area contributed by atoms with Crippen LogP contribution in [0.1, 0.15) is 0 Å². The molecular weight excluding hydrogens is 1330 g/mol. The zero-order valence-corrected chi connectivity index (χ0v) is 46.7. The van der Waals surface area contributed by atoms with E-state index in [4.69, 9.17) is 79.1 Å². The summed E-state index contributed by atoms with van der Waals surface area (Å²) in [6.45, 7) is 0. The van der Waals surface area contributed by atoms with Crippen molar-refractivity contribution in [3.8, 4) is 23.0 Å². The summed E-state index contributed by atoms with van der Waals surface area (Å²) in [5.74, 6) is -4.35. The van der Waals surface area contributed by atoms with Crippen LogP contribution in [0.2, 0.25) is 31.2 Å². The second kappa shape index (κ2) is 20.3. The van der Waals surface area contributed by atoms with E-state index >= 15 is 0 Å². The van der Waals surface area contributed by atoms with Crippen LogP contribution in [0.3, 0.4) is 0 Å². The zero-order valence-electron chi connectivity index (χ0n) is 37.3. The molecule has 32 nitrogen and oxygen atoms in total. The van der Waals surface area contributed by atoms with Gasteiger partial charge in [-0.05, 0) is 94.9 Å². The number of benzene rings is 5. The Balaban J connectivity index is 1.15. The topological polar surface area (TPSA) is 495 Å². The van der Waals surface area contributed by atoms with Crippen molar-refractivity contribution in [1.29, 1.82) is 0 Å². The zero-order chi connectivity index (χ0) is 58.7. The smallest absolute Gasteiger partial charge is 0.300 e. The molecule has 2 aliphatic rings. The van der Waals surface area contributed by atoms with E-state index in [0.717, 1.165) is 48.5 Å². The Labute approximate surface area is 475 Å². The molecule has 80 heavy (non-hydrogen) atoms. The SMILES string of the molecule is O=S(=O)(O)c1c(Nc2ccc(Nc3nc(Cl)nc(Cl)n3)c(S(=O)(=O)O)c2S(=O)(=O)O)ccc2c1Oc1c(Cl)c3c(c(Cl)c1=N2)Oc1c(ccc(Nc2ccc(Nc4nc(Cl)nc(Cl)n4)c(S(=O)(=O)O)c2S(=O)(=O)O)c1S(=O)(=O)O)N=3. The molecule has 0 unspecified atom stereocenters. The standard InChI is InChI=1S/C36H18Cl6N12O20S6/c37-17-19-23(73-21-9(45-19)1-3-11(25(21)75(55,56)57)43-13-5-7-15(47-35-51-31(39)49-32(40)52-35)29(79(67,68)69)27(13)77(61,62)63)18(38)20-24(17)74-22-10(46-20)2-4-12(26(22)76(58,59)60)44-14-6-8-16(48-36-53-33(41)50-34(42)54-36)30(80(70,71)72)28(14)78(64,65)66/h1-8,43-44H,(H,55,56,57)(H,58,59,60)(H,61,62,63)(H,64,65,66)(H,67,68,69)(H,70,71,72)(H,47,49,51,52)(H,48,50,53,54). The van der Waals surface area contributed by atoms with Gasteiger partial charge >= 0.3 is 0 Å². The van der Waals surface area contributed by atoms with E-state index in [-0.39, 0.29) is 0 Å². The number of hydrogen-bond acceptors (Lipinski definition) is 26. The molecule has 7 aromatic rings. The maximum atomic E-state index is 13.2. The maximum Gasteiger partial charge on any atom is 0.300 e. The number of nitrogens with one attached hydrogen (secondary N) is 4. The van der Waals surface area contributed by atoms with Gasteiger partial charge < -0.3 is 30.7 Å². The van der Waals surface area contributed by atoms with E-state index in [1.807, 2.05) is 0 Å². The molecule has 0 radical (unpaired) electrons. The summed E-state index contributed by atoms with van der Waals surface area (Å²) in [6.07, 6.45) is 0. The van der Waals surface area contributed by atoms with Gasteiger partial charge in [0.1, 0.15) is 51.7 Å². The van der Waals surface area contributed by atoms with E-state index in [0.29, 0.717) is 0 Å². The van der Waals surface area contributed by atoms with Crippen LogP contribution in [0.15, 0.2) is 87.9 Å². The quantitative estimate of drug-likeness (QED) is 0.0516. The van der Waals surface area contributed by atoms with Crippen molar-refractivity contribution in [1.82, 2.24) is 29.9 Å². The summed E-state index contributed by atoms with van der Waals surface area (Å²) in [6, 6.07) is 6.56. The molecule has 0 atom stereocenters. The van der Waals surface area contributed by atoms with Crippen LogP contribution >= 0.6 is 69.6 Å². The minimum atomic E-state index is -5.79. The highest BCUT2D eigenvalue weighted by atomic mass is 35.5. The van der Waals surface area contributed by atoms with Crippen LogP contribution in [-0.2, 0) is 60.7 Å². The largest absolute Gasteiger partial charge is 0.450 e. The summed E-state index contributed by atoms with van der Waals surface area (Å²) in [5, 5.41) is 4.46. The van der Waals surface area contributed by atoms with Gasteiger partial charge in [0.25, 0.3) is 60.7 Å². The maximum absolute atomic E-state index is 13.2. The van der Waals surface area contributed by atoms with Crippen molar-refractivity contribution < 1.29 is 87.3 Å². The Morgan fingerprint density at radius 3 is 0.825 bits per heavy atom. The molecule has 2 aliphatic heterocycles. The predicted molar refractivity (Wildman–Crippen MR) is 276 cm³/mol. The van der Waals surface area contributed by atoms with Crippen LogP contribution in [0.25, 0.3) is 0 Å². The average molecular weight is 1340 g/mol. The molecular formula is C36H18Cl6N12O20S6. The van der Waals surface area contributed by atoms with Crippen molar-refractivity contribution in [2.24, 2.45) is 9.98 Å². The average Bonchev–Trinajstić information content (AvgIpc) is 3.50. The lowest BCUT2D eigenvalue weighted by molar-refractivity contribution is 0.428. The van der Waals surface area contributed by atoms with Crippen LogP contribution in [0.5, 0.6) is 23.0 Å². The molecule has 0 saturated heterocycles. The first-order valence-corrected chi connectivity index (χ1v) is 30.9. The van der Waals surface area contributed by atoms with Gasteiger partial charge in [-0.3, -0.25) is 27.3 Å². The minimum Gasteiger partial charge on any atom is -0.450 e. The van der Waals surface area contributed by atoms with Crippen LogP contribution in [0, 0.1) is 0 Å². The summed E-state index contributed by atoms with van der Waals surface area (Å²) >= 11 is 36.6. The predicted octanol–water partition coefficient (Wildman–Crippen LogP) is 6.55. The van der Waals surface area contributed by atoms with E-state index < -0.39 is 212 Å². The second-order valence-electron chi connectivity index (χ2n) is 15.4. The summed E-state index contributed by atoms with van der Waals surface area (Å²) in [7, 11) is -34.2. The Morgan fingerprint density at radius 1 is 0.325 bits per heavy atom. The van der Waals surface area contributed by atoms with E-state index in [1.165, 1.54) is 0 Å². The first-order valence-electron chi connectivity index (χ1n) is 20.0. The fourth-order valence-electron chi connectivity index (χ4n) is 7.48. The summed E-state index contributed by atoms with van der Waals surface area (Å²) < 4.78 is 230. The highest BCUT2D eigenvalue weighted by Crippen LogP contribution is 2.51. The van der Waals surface area contributed by atoms with Crippen molar-refractivity contribution in [2.75, 3.05) is 21.3 Å². The third-order valence-electron chi connectivity index (χ3n) is 10.3. The van der Waals surface area contributed by atoms with Gasteiger partial charge in [-0.2, -0.15) is 80.4 Å². The first-order chi connectivity index (χ1) is 36.9. The lowest BCUT2D eigenvalue weighted by Gasteiger charge is -2.24. The highest BCUT2D eigenvalue weighted by molar-refractivity contribution is 7.90. The number of fused-ring (bicyclic) bond motifs is 4. The molecule has 2 aromatic heterocycles. The number of ether oxygens (including phenoxy) is 2. The van der Waals surface area contributed by atoms with Gasteiger partial charge in [-0.15, -0.1) is 0 Å². The Kier molecular flexibility index (Phi) is 14.8. The number of nitrogens with zero attached hydrogens (tertiary/aromatic N) is 8. The summed E-state index contributed by atoms with van der Waals surface area (Å²) in [4.78, 5) is 21.1. The molecule has 0 amide bonds. The number of anilines is 8. The Morgan fingerprint density at radius 2 is 0.562 bits per heavy atom. The van der Waals surface area contributed by atoms with Gasteiger partial charge in [-0.25, -0.2) is 9.98 Å². The molecule has 5 aromatic carbocycles. The number of rotatable bonds is 14. The molecule has 0 spiro atoms. The molecule has 4 heterocycles. The van der Waals surface area contributed by atoms with Gasteiger partial charge in [0, 0.05) is 0 Å². The second-order valence-corrected chi connectivity index (χ2v) is 25.6. The van der Waals surface area contributed by atoms with Crippen LogP contribution in [0.4, 0.5) is 57.4 Å². The van der Waals surface area contributed by atoms with Gasteiger partial charge in [-0.1, -0.05) is 23.2 Å². The van der Waals surface area contributed by atoms with Crippen molar-refractivity contribution in [2.45, 2.75) is 29.4 Å². The molecule has 9 rings (SSSR count). The molecule has 44 heteroatoms. The number of halogens is 6. The Bertz CT molecular complexity index is 4480. The third-order valence-corrected chi connectivity index (χ3v) is 17.5. The molecule has 0 fully saturated rings. The fraction of sp³-hybridized carbons (Fsp3) is 0. The van der Waals surface area contributed by atoms with Crippen molar-refractivity contribution >= 4 is 188 Å². The molecule has 0 saturated carbocycles. The van der Waals surface area contributed by atoms with Gasteiger partial charge in [0.15, 0.2) is 32.8 Å². The fourth-order valence-corrected chi connectivity index (χ4v) is 14.5. The molecule has 420 valence electrons. The molecule has 0 bridgehead atoms. The van der Waals surface area contributed by atoms with Crippen molar-refractivity contribution in [3.05, 3.63) is 90.4 Å². The van der Waals surface area contributed by atoms with Crippen LogP contribution < -0.4 is 41.5 Å². The summed E-state index contributed by atoms with van der Waals surface area (Å²) in [5.41, 5.74) is -6.36. The normalized spacial score (nSPS) is 13.2. The lowest BCUT2D eigenvalue weighted by atomic mass is 10.1. The van der Waals surface area contributed by atoms with E-state index in [9.17, 15) is 77.8 Å². The Hall–Kier alpha value is -6.28. The minimum absolute atomic E-state index is 0.532. The van der Waals surface area contributed by atoms with Crippen molar-refractivity contribution in [3.63, 3.8) is 0 Å². The van der Waals surface area contributed by atoms with Gasteiger partial charge in [0.05, 0.1) is 34.1 Å². The lowest BCUT2D eigenvalue weighted by Crippen LogP contribution is -2.23. The third kappa shape index (κ3) is 11.4. The van der Waals surface area contributed by atoms with E-state index in [2.05, 4.69) is 61.2 Å². The highest BCUT2D eigenvalue weighted by Gasteiger charge is 2.38. The monoisotopic (exact) mass is 1340 g/mol. The van der Waals surface area contributed by atoms with Gasteiger partial charge in [0.2, 0.25) is 33.0 Å². The van der Waals surface area contributed by atoms with Crippen LogP contribution in [-0.4, -0.2) is 108 Å². The molecule has 0 aliphatic carbocycles. The number of aromatic nitrogens is 6. The first kappa shape index (κ1) is 58.4. The molecule has 10 N–H and O–H groups in total.